The van der Waals surface area contributed by atoms with E-state index in [2.05, 4.69) is 20.4 Å². The van der Waals surface area contributed by atoms with E-state index in [1.807, 2.05) is 66.0 Å². The number of amides is 1. The van der Waals surface area contributed by atoms with Crippen molar-refractivity contribution in [2.24, 2.45) is 0 Å². The number of carbonyl (C=O) groups is 1. The highest BCUT2D eigenvalue weighted by molar-refractivity contribution is 7.14. The Balaban J connectivity index is 1.26. The Bertz CT molecular complexity index is 1040. The Kier molecular flexibility index (Phi) is 5.53. The Morgan fingerprint density at radius 1 is 0.964 bits per heavy atom. The summed E-state index contributed by atoms with van der Waals surface area (Å²) in [6.07, 6.45) is 1.54. The van der Waals surface area contributed by atoms with Gasteiger partial charge in [-0.2, -0.15) is 4.98 Å². The molecule has 0 spiro atoms. The lowest BCUT2D eigenvalue weighted by molar-refractivity contribution is -0.116. The molecule has 7 heteroatoms. The van der Waals surface area contributed by atoms with E-state index >= 15 is 0 Å². The van der Waals surface area contributed by atoms with E-state index in [9.17, 15) is 4.79 Å². The summed E-state index contributed by atoms with van der Waals surface area (Å²) in [6, 6.07) is 19.5. The van der Waals surface area contributed by atoms with Gasteiger partial charge in [-0.1, -0.05) is 65.8 Å². The van der Waals surface area contributed by atoms with Crippen LogP contribution in [0.5, 0.6) is 0 Å². The summed E-state index contributed by atoms with van der Waals surface area (Å²) in [5.41, 5.74) is 2.80. The zero-order valence-corrected chi connectivity index (χ0v) is 15.9. The normalized spacial score (nSPS) is 10.7. The third-order valence-corrected chi connectivity index (χ3v) is 4.87. The highest BCUT2D eigenvalue weighted by Crippen LogP contribution is 2.24. The molecule has 2 aromatic heterocycles. The maximum Gasteiger partial charge on any atom is 0.226 e. The van der Waals surface area contributed by atoms with Crippen LogP contribution in [-0.4, -0.2) is 21.0 Å². The third kappa shape index (κ3) is 4.50. The maximum atomic E-state index is 12.2. The second-order valence-electron chi connectivity index (χ2n) is 6.18. The predicted molar refractivity (Wildman–Crippen MR) is 109 cm³/mol. The standard InChI is InChI=1S/C21H18N4O2S/c26-18(23-21-22-17(14-28-21)15-8-3-1-4-9-15)12-7-13-19-24-20(25-27-19)16-10-5-2-6-11-16/h1-6,8-11,14H,7,12-13H2,(H,22,23,26). The zero-order valence-electron chi connectivity index (χ0n) is 15.0. The second-order valence-corrected chi connectivity index (χ2v) is 7.04. The number of anilines is 1. The SMILES string of the molecule is O=C(CCCc1nc(-c2ccccc2)no1)Nc1nc(-c2ccccc2)cs1. The average Bonchev–Trinajstić information content (AvgIpc) is 3.39. The van der Waals surface area contributed by atoms with Crippen LogP contribution in [0.3, 0.4) is 0 Å². The van der Waals surface area contributed by atoms with Crippen molar-refractivity contribution in [2.75, 3.05) is 5.32 Å². The fraction of sp³-hybridized carbons (Fsp3) is 0.143. The number of thiazole rings is 1. The zero-order chi connectivity index (χ0) is 19.2. The van der Waals surface area contributed by atoms with Gasteiger partial charge >= 0.3 is 0 Å². The predicted octanol–water partition coefficient (Wildman–Crippen LogP) is 4.82. The average molecular weight is 390 g/mol. The first kappa shape index (κ1) is 18.1. The highest BCUT2D eigenvalue weighted by Gasteiger charge is 2.11. The summed E-state index contributed by atoms with van der Waals surface area (Å²) in [5.74, 6) is 1.03. The molecule has 1 amide bonds. The summed E-state index contributed by atoms with van der Waals surface area (Å²) in [5, 5.41) is 9.38. The first-order valence-electron chi connectivity index (χ1n) is 8.97. The van der Waals surface area contributed by atoms with Crippen LogP contribution < -0.4 is 5.32 Å². The molecule has 0 unspecified atom stereocenters. The molecular weight excluding hydrogens is 372 g/mol. The number of rotatable bonds is 7. The van der Waals surface area contributed by atoms with Crippen molar-refractivity contribution in [1.29, 1.82) is 0 Å². The molecule has 28 heavy (non-hydrogen) atoms. The van der Waals surface area contributed by atoms with Gasteiger partial charge in [0.2, 0.25) is 17.6 Å². The quantitative estimate of drug-likeness (QED) is 0.489. The smallest absolute Gasteiger partial charge is 0.226 e. The summed E-state index contributed by atoms with van der Waals surface area (Å²) < 4.78 is 5.27. The van der Waals surface area contributed by atoms with Gasteiger partial charge in [0, 0.05) is 29.3 Å². The summed E-state index contributed by atoms with van der Waals surface area (Å²) in [4.78, 5) is 21.0. The van der Waals surface area contributed by atoms with E-state index in [-0.39, 0.29) is 5.91 Å². The lowest BCUT2D eigenvalue weighted by Gasteiger charge is -2.00. The molecule has 2 aromatic carbocycles. The van der Waals surface area contributed by atoms with E-state index in [0.717, 1.165) is 16.8 Å². The molecular formula is C21H18N4O2S. The van der Waals surface area contributed by atoms with Crippen LogP contribution in [0, 0.1) is 0 Å². The number of benzene rings is 2. The molecule has 0 aliphatic heterocycles. The van der Waals surface area contributed by atoms with Gasteiger partial charge in [0.05, 0.1) is 5.69 Å². The second kappa shape index (κ2) is 8.58. The summed E-state index contributed by atoms with van der Waals surface area (Å²) in [7, 11) is 0. The lowest BCUT2D eigenvalue weighted by Crippen LogP contribution is -2.11. The number of nitrogens with one attached hydrogen (secondary N) is 1. The molecule has 1 N–H and O–H groups in total. The number of hydrogen-bond acceptors (Lipinski definition) is 6. The van der Waals surface area contributed by atoms with Gasteiger partial charge in [-0.3, -0.25) is 4.79 Å². The van der Waals surface area contributed by atoms with E-state index < -0.39 is 0 Å². The molecule has 0 fully saturated rings. The molecule has 140 valence electrons. The van der Waals surface area contributed by atoms with Crippen molar-refractivity contribution in [3.05, 3.63) is 71.9 Å². The monoisotopic (exact) mass is 390 g/mol. The molecule has 4 aromatic rings. The molecule has 0 atom stereocenters. The Morgan fingerprint density at radius 3 is 2.43 bits per heavy atom. The fourth-order valence-corrected chi connectivity index (χ4v) is 3.45. The van der Waals surface area contributed by atoms with Crippen molar-refractivity contribution in [3.63, 3.8) is 0 Å². The molecule has 0 saturated heterocycles. The molecule has 0 radical (unpaired) electrons. The van der Waals surface area contributed by atoms with Crippen LogP contribution in [0.25, 0.3) is 22.6 Å². The van der Waals surface area contributed by atoms with Crippen LogP contribution in [0.4, 0.5) is 5.13 Å². The minimum Gasteiger partial charge on any atom is -0.339 e. The van der Waals surface area contributed by atoms with Crippen LogP contribution in [-0.2, 0) is 11.2 Å². The Morgan fingerprint density at radius 2 is 1.68 bits per heavy atom. The minimum absolute atomic E-state index is 0.0724. The molecule has 6 nitrogen and oxygen atoms in total. The molecule has 0 aliphatic carbocycles. The number of aryl methyl sites for hydroxylation is 1. The number of hydrogen-bond donors (Lipinski definition) is 1. The van der Waals surface area contributed by atoms with Gasteiger partial charge in [-0.05, 0) is 6.42 Å². The van der Waals surface area contributed by atoms with Gasteiger partial charge < -0.3 is 9.84 Å². The van der Waals surface area contributed by atoms with E-state index in [0.29, 0.717) is 36.1 Å². The maximum absolute atomic E-state index is 12.2. The first-order chi connectivity index (χ1) is 13.8. The van der Waals surface area contributed by atoms with Crippen LogP contribution in [0.15, 0.2) is 70.6 Å². The number of nitrogens with zero attached hydrogens (tertiary/aromatic N) is 3. The Labute approximate surface area is 166 Å². The molecule has 4 rings (SSSR count). The van der Waals surface area contributed by atoms with Crippen LogP contribution in [0.1, 0.15) is 18.7 Å². The number of aromatic nitrogens is 3. The van der Waals surface area contributed by atoms with Crippen molar-refractivity contribution in [2.45, 2.75) is 19.3 Å². The van der Waals surface area contributed by atoms with E-state index in [1.54, 1.807) is 0 Å². The van der Waals surface area contributed by atoms with Gasteiger partial charge in [0.1, 0.15) is 0 Å². The topological polar surface area (TPSA) is 80.9 Å². The summed E-state index contributed by atoms with van der Waals surface area (Å²) in [6.45, 7) is 0. The van der Waals surface area contributed by atoms with Gasteiger partial charge in [-0.15, -0.1) is 11.3 Å². The fourth-order valence-electron chi connectivity index (χ4n) is 2.72. The van der Waals surface area contributed by atoms with Crippen LogP contribution >= 0.6 is 11.3 Å². The van der Waals surface area contributed by atoms with Crippen molar-refractivity contribution in [3.8, 4) is 22.6 Å². The summed E-state index contributed by atoms with van der Waals surface area (Å²) >= 11 is 1.42. The van der Waals surface area contributed by atoms with Crippen LogP contribution in [0.2, 0.25) is 0 Å². The van der Waals surface area contributed by atoms with Crippen molar-refractivity contribution in [1.82, 2.24) is 15.1 Å². The third-order valence-electron chi connectivity index (χ3n) is 4.11. The Hall–Kier alpha value is -3.32. The largest absolute Gasteiger partial charge is 0.339 e. The lowest BCUT2D eigenvalue weighted by atomic mass is 10.2. The van der Waals surface area contributed by atoms with E-state index in [4.69, 9.17) is 4.52 Å². The minimum atomic E-state index is -0.0724. The van der Waals surface area contributed by atoms with Crippen molar-refractivity contribution >= 4 is 22.4 Å². The molecule has 0 aliphatic rings. The van der Waals surface area contributed by atoms with E-state index in [1.165, 1.54) is 11.3 Å². The number of carbonyl (C=O) groups excluding carboxylic acids is 1. The van der Waals surface area contributed by atoms with Gasteiger partial charge in [0.15, 0.2) is 5.13 Å². The highest BCUT2D eigenvalue weighted by atomic mass is 32.1. The molecule has 0 saturated carbocycles. The molecule has 2 heterocycles. The first-order valence-corrected chi connectivity index (χ1v) is 9.85. The molecule has 0 bridgehead atoms. The van der Waals surface area contributed by atoms with Gasteiger partial charge in [-0.25, -0.2) is 4.98 Å². The van der Waals surface area contributed by atoms with Gasteiger partial charge in [0.25, 0.3) is 0 Å². The van der Waals surface area contributed by atoms with Crippen molar-refractivity contribution < 1.29 is 9.32 Å².